The Morgan fingerprint density at radius 2 is 2.10 bits per heavy atom. The van der Waals surface area contributed by atoms with Gasteiger partial charge in [0.2, 0.25) is 0 Å². The van der Waals surface area contributed by atoms with Crippen LogP contribution in [0.1, 0.15) is 19.8 Å². The van der Waals surface area contributed by atoms with E-state index < -0.39 is 11.5 Å². The maximum absolute atomic E-state index is 12.3. The number of halogens is 2. The van der Waals surface area contributed by atoms with Crippen LogP contribution in [0.4, 0.5) is 8.78 Å². The average molecular weight is 147 g/mol. The lowest BCUT2D eigenvalue weighted by Gasteiger charge is -2.01. The second-order valence-electron chi connectivity index (χ2n) is 2.73. The van der Waals surface area contributed by atoms with Gasteiger partial charge in [-0.1, -0.05) is 19.1 Å². The van der Waals surface area contributed by atoms with Gasteiger partial charge in [0.25, 0.3) is 5.92 Å². The highest BCUT2D eigenvalue weighted by Crippen LogP contribution is 2.51. The van der Waals surface area contributed by atoms with Gasteiger partial charge in [0.05, 0.1) is 0 Å². The van der Waals surface area contributed by atoms with E-state index in [2.05, 4.69) is 0 Å². The minimum absolute atomic E-state index is 0.198. The fraction of sp³-hybridized carbons (Fsp3) is 0.714. The first-order valence-corrected chi connectivity index (χ1v) is 3.36. The summed E-state index contributed by atoms with van der Waals surface area (Å²) in [4.78, 5) is 0. The lowest BCUT2D eigenvalue weighted by molar-refractivity contribution is 0.0995. The van der Waals surface area contributed by atoms with Crippen LogP contribution in [0.2, 0.25) is 0 Å². The largest absolute Gasteiger partial charge is 0.317 e. The lowest BCUT2D eigenvalue weighted by Crippen LogP contribution is -2.26. The lowest BCUT2D eigenvalue weighted by atomic mass is 10.2. The van der Waals surface area contributed by atoms with E-state index in [1.54, 1.807) is 6.08 Å². The van der Waals surface area contributed by atoms with Gasteiger partial charge in [-0.3, -0.25) is 0 Å². The van der Waals surface area contributed by atoms with E-state index in [1.807, 2.05) is 6.92 Å². The van der Waals surface area contributed by atoms with Crippen molar-refractivity contribution >= 4 is 0 Å². The number of allylic oxidation sites excluding steroid dienone is 1. The molecule has 1 atom stereocenters. The van der Waals surface area contributed by atoms with Crippen LogP contribution in [0.15, 0.2) is 12.2 Å². The molecule has 0 saturated heterocycles. The molecule has 1 unspecified atom stereocenters. The third kappa shape index (κ3) is 1.06. The van der Waals surface area contributed by atoms with Gasteiger partial charge in [-0.2, -0.15) is 0 Å². The molecule has 1 aliphatic rings. The summed E-state index contributed by atoms with van der Waals surface area (Å²) in [7, 11) is 0. The second-order valence-corrected chi connectivity index (χ2v) is 2.73. The summed E-state index contributed by atoms with van der Waals surface area (Å²) < 4.78 is 24.7. The van der Waals surface area contributed by atoms with Gasteiger partial charge in [0.15, 0.2) is 0 Å². The maximum Gasteiger partial charge on any atom is 0.271 e. The number of nitrogens with two attached hydrogens (primary N) is 1. The average Bonchev–Trinajstić information content (AvgIpc) is 2.29. The Hall–Kier alpha value is -0.440. The van der Waals surface area contributed by atoms with E-state index in [0.29, 0.717) is 0 Å². The minimum atomic E-state index is -2.65. The first-order chi connectivity index (χ1) is 4.52. The van der Waals surface area contributed by atoms with Gasteiger partial charge in [-0.15, -0.1) is 0 Å². The zero-order valence-electron chi connectivity index (χ0n) is 5.90. The fourth-order valence-corrected chi connectivity index (χ4v) is 0.832. The van der Waals surface area contributed by atoms with Crippen LogP contribution in [0, 0.1) is 0 Å². The van der Waals surface area contributed by atoms with Crippen LogP contribution >= 0.6 is 0 Å². The van der Waals surface area contributed by atoms with Gasteiger partial charge < -0.3 is 5.73 Å². The molecule has 0 radical (unpaired) electrons. The molecule has 1 saturated carbocycles. The Morgan fingerprint density at radius 3 is 2.40 bits per heavy atom. The molecule has 0 aromatic rings. The Balaban J connectivity index is 2.52. The van der Waals surface area contributed by atoms with Crippen LogP contribution < -0.4 is 5.73 Å². The SMILES string of the molecule is CC/C=C/C1(N)CC1(F)F. The zero-order valence-corrected chi connectivity index (χ0v) is 5.90. The molecule has 10 heavy (non-hydrogen) atoms. The van der Waals surface area contributed by atoms with Crippen LogP contribution in [-0.4, -0.2) is 11.5 Å². The van der Waals surface area contributed by atoms with Crippen molar-refractivity contribution in [2.45, 2.75) is 31.2 Å². The highest BCUT2D eigenvalue weighted by Gasteiger charge is 2.67. The summed E-state index contributed by atoms with van der Waals surface area (Å²) in [6.45, 7) is 1.89. The van der Waals surface area contributed by atoms with Crippen molar-refractivity contribution < 1.29 is 8.78 Å². The smallest absolute Gasteiger partial charge is 0.271 e. The maximum atomic E-state index is 12.3. The van der Waals surface area contributed by atoms with E-state index in [9.17, 15) is 8.78 Å². The first-order valence-electron chi connectivity index (χ1n) is 3.36. The Morgan fingerprint density at radius 1 is 1.60 bits per heavy atom. The molecule has 2 N–H and O–H groups in total. The molecule has 1 rings (SSSR count). The fourth-order valence-electron chi connectivity index (χ4n) is 0.832. The molecule has 0 aromatic heterocycles. The number of hydrogen-bond acceptors (Lipinski definition) is 1. The molecule has 3 heteroatoms. The van der Waals surface area contributed by atoms with Crippen molar-refractivity contribution in [2.24, 2.45) is 5.73 Å². The van der Waals surface area contributed by atoms with E-state index >= 15 is 0 Å². The summed E-state index contributed by atoms with van der Waals surface area (Å²) in [5, 5.41) is 0. The number of alkyl halides is 2. The molecule has 58 valence electrons. The molecule has 0 aliphatic heterocycles. The molecule has 0 bridgehead atoms. The molecule has 0 aromatic carbocycles. The summed E-state index contributed by atoms with van der Waals surface area (Å²) >= 11 is 0. The highest BCUT2D eigenvalue weighted by atomic mass is 19.3. The summed E-state index contributed by atoms with van der Waals surface area (Å²) in [5.41, 5.74) is 3.96. The van der Waals surface area contributed by atoms with Crippen molar-refractivity contribution in [3.63, 3.8) is 0 Å². The third-order valence-corrected chi connectivity index (χ3v) is 1.72. The predicted molar refractivity (Wildman–Crippen MR) is 35.9 cm³/mol. The van der Waals surface area contributed by atoms with E-state index in [0.717, 1.165) is 6.42 Å². The number of hydrogen-bond donors (Lipinski definition) is 1. The van der Waals surface area contributed by atoms with Gasteiger partial charge in [0, 0.05) is 6.42 Å². The van der Waals surface area contributed by atoms with Crippen molar-refractivity contribution in [3.8, 4) is 0 Å². The van der Waals surface area contributed by atoms with Crippen molar-refractivity contribution in [1.29, 1.82) is 0 Å². The van der Waals surface area contributed by atoms with Gasteiger partial charge in [-0.25, -0.2) is 8.78 Å². The van der Waals surface area contributed by atoms with Crippen LogP contribution in [-0.2, 0) is 0 Å². The Kier molecular flexibility index (Phi) is 1.55. The number of rotatable bonds is 2. The molecular formula is C7H11F2N. The Bertz CT molecular complexity index is 165. The normalized spacial score (nSPS) is 36.8. The summed E-state index contributed by atoms with van der Waals surface area (Å²) in [5.74, 6) is -2.65. The second kappa shape index (κ2) is 2.02. The van der Waals surface area contributed by atoms with Gasteiger partial charge in [0.1, 0.15) is 5.54 Å². The molecule has 0 heterocycles. The quantitative estimate of drug-likeness (QED) is 0.591. The first kappa shape index (κ1) is 7.66. The minimum Gasteiger partial charge on any atom is -0.317 e. The van der Waals surface area contributed by atoms with Crippen molar-refractivity contribution in [2.75, 3.05) is 0 Å². The van der Waals surface area contributed by atoms with Crippen LogP contribution in [0.3, 0.4) is 0 Å². The van der Waals surface area contributed by atoms with Crippen molar-refractivity contribution in [3.05, 3.63) is 12.2 Å². The zero-order chi connectivity index (χ0) is 7.83. The molecule has 0 spiro atoms. The van der Waals surface area contributed by atoms with Crippen LogP contribution in [0.5, 0.6) is 0 Å². The van der Waals surface area contributed by atoms with Gasteiger partial charge >= 0.3 is 0 Å². The molecule has 1 aliphatic carbocycles. The predicted octanol–water partition coefficient (Wildman–Crippen LogP) is 1.69. The Labute approximate surface area is 58.9 Å². The standard InChI is InChI=1S/C7H11F2N/c1-2-3-4-6(10)5-7(6,8)9/h3-4H,2,5,10H2,1H3/b4-3+. The van der Waals surface area contributed by atoms with E-state index in [1.165, 1.54) is 6.08 Å². The van der Waals surface area contributed by atoms with E-state index in [-0.39, 0.29) is 6.42 Å². The summed E-state index contributed by atoms with van der Waals surface area (Å²) in [6, 6.07) is 0. The molecular weight excluding hydrogens is 136 g/mol. The van der Waals surface area contributed by atoms with E-state index in [4.69, 9.17) is 5.73 Å². The molecule has 0 amide bonds. The monoisotopic (exact) mass is 147 g/mol. The van der Waals surface area contributed by atoms with Crippen LogP contribution in [0.25, 0.3) is 0 Å². The third-order valence-electron chi connectivity index (χ3n) is 1.72. The van der Waals surface area contributed by atoms with Gasteiger partial charge in [-0.05, 0) is 6.42 Å². The topological polar surface area (TPSA) is 26.0 Å². The van der Waals surface area contributed by atoms with Crippen molar-refractivity contribution in [1.82, 2.24) is 0 Å². The molecule has 1 fully saturated rings. The summed E-state index contributed by atoms with van der Waals surface area (Å²) in [6.07, 6.45) is 3.65. The molecule has 1 nitrogen and oxygen atoms in total. The highest BCUT2D eigenvalue weighted by molar-refractivity contribution is 5.26.